The van der Waals surface area contributed by atoms with Gasteiger partial charge in [0.2, 0.25) is 0 Å². The molecule has 0 bridgehead atoms. The molecule has 0 radical (unpaired) electrons. The van der Waals surface area contributed by atoms with Crippen molar-refractivity contribution in [2.24, 2.45) is 0 Å². The lowest BCUT2D eigenvalue weighted by Gasteiger charge is -2.05. The highest BCUT2D eigenvalue weighted by molar-refractivity contribution is 5.61. The molecule has 0 saturated carbocycles. The van der Waals surface area contributed by atoms with Crippen LogP contribution >= 0.6 is 0 Å². The first-order valence-electron chi connectivity index (χ1n) is 7.66. The minimum atomic E-state index is -2.49. The van der Waals surface area contributed by atoms with E-state index >= 15 is 0 Å². The minimum absolute atomic E-state index is 0.255. The molecule has 10 heteroatoms. The fourth-order valence-corrected chi connectivity index (χ4v) is 2.47. The third-order valence-electron chi connectivity index (χ3n) is 3.60. The Bertz CT molecular complexity index is 1060. The molecule has 0 spiro atoms. The van der Waals surface area contributed by atoms with Crippen molar-refractivity contribution < 1.29 is 13.2 Å². The topological polar surface area (TPSA) is 72.9 Å². The summed E-state index contributed by atoms with van der Waals surface area (Å²) >= 11 is 0. The lowest BCUT2D eigenvalue weighted by molar-refractivity contribution is 0.122. The second-order valence-electron chi connectivity index (χ2n) is 5.43. The molecule has 4 aromatic rings. The first kappa shape index (κ1) is 16.1. The molecule has 4 rings (SSSR count). The summed E-state index contributed by atoms with van der Waals surface area (Å²) in [5.41, 5.74) is 0.711. The summed E-state index contributed by atoms with van der Waals surface area (Å²) in [6, 6.07) is 11.0. The van der Waals surface area contributed by atoms with E-state index in [1.807, 2.05) is 0 Å². The Morgan fingerprint density at radius 1 is 0.962 bits per heavy atom. The fraction of sp³-hybridized carbons (Fsp3) is 0.125. The summed E-state index contributed by atoms with van der Waals surface area (Å²) in [6.45, 7) is -0.489. The van der Waals surface area contributed by atoms with Crippen molar-refractivity contribution in [2.45, 2.75) is 13.0 Å². The van der Waals surface area contributed by atoms with Crippen LogP contribution in [0.3, 0.4) is 0 Å². The Morgan fingerprint density at radius 3 is 2.58 bits per heavy atom. The first-order valence-corrected chi connectivity index (χ1v) is 7.66. The molecule has 0 fully saturated rings. The van der Waals surface area contributed by atoms with Crippen LogP contribution in [0.1, 0.15) is 0 Å². The van der Waals surface area contributed by atoms with E-state index in [9.17, 15) is 13.2 Å². The second-order valence-corrected chi connectivity index (χ2v) is 5.43. The van der Waals surface area contributed by atoms with Crippen LogP contribution in [-0.4, -0.2) is 36.0 Å². The van der Waals surface area contributed by atoms with Gasteiger partial charge >= 0.3 is 0 Å². The summed E-state index contributed by atoms with van der Waals surface area (Å²) in [5, 5.41) is 19.2. The molecule has 0 aliphatic rings. The van der Waals surface area contributed by atoms with E-state index in [0.717, 1.165) is 4.68 Å². The Balaban J connectivity index is 1.66. The van der Waals surface area contributed by atoms with Gasteiger partial charge in [-0.1, -0.05) is 12.1 Å². The van der Waals surface area contributed by atoms with Gasteiger partial charge in [-0.2, -0.15) is 9.61 Å². The number of hydrogen-bond donors (Lipinski definition) is 1. The van der Waals surface area contributed by atoms with Gasteiger partial charge in [-0.25, -0.2) is 13.2 Å². The molecule has 0 saturated heterocycles. The molecule has 26 heavy (non-hydrogen) atoms. The van der Waals surface area contributed by atoms with Crippen molar-refractivity contribution in [3.63, 3.8) is 0 Å². The Morgan fingerprint density at radius 2 is 1.77 bits per heavy atom. The van der Waals surface area contributed by atoms with Crippen LogP contribution in [-0.2, 0) is 6.54 Å². The van der Waals surface area contributed by atoms with Crippen molar-refractivity contribution in [3.05, 3.63) is 54.5 Å². The van der Waals surface area contributed by atoms with Crippen LogP contribution in [0.25, 0.3) is 17.0 Å². The highest BCUT2D eigenvalue weighted by atomic mass is 19.3. The van der Waals surface area contributed by atoms with Gasteiger partial charge in [0.05, 0.1) is 5.56 Å². The van der Waals surface area contributed by atoms with E-state index in [1.165, 1.54) is 16.8 Å². The van der Waals surface area contributed by atoms with E-state index in [1.54, 1.807) is 36.4 Å². The maximum Gasteiger partial charge on any atom is 0.257 e. The van der Waals surface area contributed by atoms with Crippen LogP contribution in [0.15, 0.2) is 48.7 Å². The molecule has 1 aromatic carbocycles. The maximum absolute atomic E-state index is 14.0. The van der Waals surface area contributed by atoms with Gasteiger partial charge < -0.3 is 5.32 Å². The molecule has 0 unspecified atom stereocenters. The molecule has 1 N–H and O–H groups in total. The van der Waals surface area contributed by atoms with Gasteiger partial charge in [0.1, 0.15) is 12.4 Å². The van der Waals surface area contributed by atoms with Gasteiger partial charge in [0, 0.05) is 12.3 Å². The molecule has 3 heterocycles. The summed E-state index contributed by atoms with van der Waals surface area (Å²) in [7, 11) is 0. The third kappa shape index (κ3) is 3.08. The number of benzene rings is 1. The summed E-state index contributed by atoms with van der Waals surface area (Å²) in [4.78, 5) is 0. The Labute approximate surface area is 145 Å². The zero-order valence-electron chi connectivity index (χ0n) is 13.2. The smallest absolute Gasteiger partial charge is 0.257 e. The van der Waals surface area contributed by atoms with Gasteiger partial charge in [-0.05, 0) is 24.3 Å². The number of aromatic nitrogens is 6. The number of fused-ring (bicyclic) bond motifs is 1. The zero-order chi connectivity index (χ0) is 18.1. The molecule has 0 aliphatic carbocycles. The average Bonchev–Trinajstić information content (AvgIpc) is 3.21. The van der Waals surface area contributed by atoms with E-state index in [2.05, 4.69) is 25.7 Å². The largest absolute Gasteiger partial charge is 0.322 e. The first-order chi connectivity index (χ1) is 12.6. The molecule has 7 nitrogen and oxygen atoms in total. The maximum atomic E-state index is 14.0. The number of nitrogens with zero attached hydrogens (tertiary/aromatic N) is 6. The van der Waals surface area contributed by atoms with E-state index < -0.39 is 18.8 Å². The number of hydrogen-bond acceptors (Lipinski definition) is 5. The van der Waals surface area contributed by atoms with Crippen molar-refractivity contribution in [2.75, 3.05) is 5.32 Å². The number of alkyl halides is 2. The van der Waals surface area contributed by atoms with E-state index in [4.69, 9.17) is 0 Å². The van der Waals surface area contributed by atoms with Crippen LogP contribution in [0, 0.1) is 5.82 Å². The van der Waals surface area contributed by atoms with E-state index in [-0.39, 0.29) is 11.4 Å². The van der Waals surface area contributed by atoms with Crippen LogP contribution in [0.4, 0.5) is 24.8 Å². The highest BCUT2D eigenvalue weighted by Gasteiger charge is 2.14. The quantitative estimate of drug-likeness (QED) is 0.593. The highest BCUT2D eigenvalue weighted by Crippen LogP contribution is 2.22. The molecule has 0 amide bonds. The predicted molar refractivity (Wildman–Crippen MR) is 87.7 cm³/mol. The van der Waals surface area contributed by atoms with E-state index in [0.29, 0.717) is 17.3 Å². The summed E-state index contributed by atoms with van der Waals surface area (Å²) in [6.07, 6.45) is -1.05. The monoisotopic (exact) mass is 359 g/mol. The van der Waals surface area contributed by atoms with Crippen molar-refractivity contribution in [3.8, 4) is 11.4 Å². The number of nitrogens with one attached hydrogen (secondary N) is 1. The lowest BCUT2D eigenvalue weighted by atomic mass is 10.2. The van der Waals surface area contributed by atoms with Gasteiger partial charge in [0.25, 0.3) is 6.43 Å². The number of anilines is 2. The van der Waals surface area contributed by atoms with Crippen molar-refractivity contribution in [1.82, 2.24) is 29.6 Å². The van der Waals surface area contributed by atoms with Gasteiger partial charge in [-0.3, -0.25) is 4.68 Å². The molecule has 3 aromatic heterocycles. The van der Waals surface area contributed by atoms with Crippen molar-refractivity contribution in [1.29, 1.82) is 0 Å². The SMILES string of the molecule is Fc1ccccc1-c1nnc2ccc(Nc3ccn(CC(F)F)n3)nn12. The van der Waals surface area contributed by atoms with Crippen LogP contribution in [0.5, 0.6) is 0 Å². The van der Waals surface area contributed by atoms with Gasteiger partial charge in [0.15, 0.2) is 23.1 Å². The molecule has 0 aliphatic heterocycles. The average molecular weight is 359 g/mol. The lowest BCUT2D eigenvalue weighted by Crippen LogP contribution is -2.07. The minimum Gasteiger partial charge on any atom is -0.322 e. The van der Waals surface area contributed by atoms with Gasteiger partial charge in [-0.15, -0.1) is 15.3 Å². The number of rotatable bonds is 5. The van der Waals surface area contributed by atoms with Crippen LogP contribution in [0.2, 0.25) is 0 Å². The second kappa shape index (κ2) is 6.47. The molecule has 0 atom stereocenters. The summed E-state index contributed by atoms with van der Waals surface area (Å²) < 4.78 is 41.4. The molecular formula is C16H12F3N7. The standard InChI is InChI=1S/C16H12F3N7/c17-11-4-2-1-3-10(11)16-22-21-15-6-5-13(24-26(15)16)20-14-7-8-25(23-14)9-12(18)19/h1-8,12H,9H2,(H,20,23,24). The van der Waals surface area contributed by atoms with Crippen molar-refractivity contribution >= 4 is 17.3 Å². The van der Waals surface area contributed by atoms with Crippen LogP contribution < -0.4 is 5.32 Å². The number of halogens is 3. The fourth-order valence-electron chi connectivity index (χ4n) is 2.47. The zero-order valence-corrected chi connectivity index (χ0v) is 13.2. The third-order valence-corrected chi connectivity index (χ3v) is 3.60. The molecule has 132 valence electrons. The molecular weight excluding hydrogens is 347 g/mol. The Hall–Kier alpha value is -3.43. The Kier molecular flexibility index (Phi) is 3.99. The predicted octanol–water partition coefficient (Wildman–Crippen LogP) is 3.14. The summed E-state index contributed by atoms with van der Waals surface area (Å²) in [5.74, 6) is 0.563. The normalized spacial score (nSPS) is 11.4.